The third-order valence-electron chi connectivity index (χ3n) is 6.43. The molecule has 169 valence electrons. The van der Waals surface area contributed by atoms with Crippen molar-refractivity contribution in [3.63, 3.8) is 0 Å². The van der Waals surface area contributed by atoms with Crippen LogP contribution in [0.3, 0.4) is 0 Å². The van der Waals surface area contributed by atoms with Crippen molar-refractivity contribution in [2.75, 3.05) is 0 Å². The summed E-state index contributed by atoms with van der Waals surface area (Å²) in [6.45, 7) is 6.43. The van der Waals surface area contributed by atoms with Crippen molar-refractivity contribution >= 4 is 21.8 Å². The Morgan fingerprint density at radius 1 is 0.765 bits per heavy atom. The fourth-order valence-electron chi connectivity index (χ4n) is 4.95. The van der Waals surface area contributed by atoms with Gasteiger partial charge in [-0.1, -0.05) is 53.9 Å². The molecule has 3 nitrogen and oxygen atoms in total. The number of nitrogens with zero attached hydrogens (tertiary/aromatic N) is 3. The molecule has 2 aromatic heterocycles. The minimum atomic E-state index is 0. The van der Waals surface area contributed by atoms with Crippen LogP contribution in [0.2, 0.25) is 0 Å². The van der Waals surface area contributed by atoms with Gasteiger partial charge in [-0.3, -0.25) is 4.98 Å². The SMILES string of the molecule is Cc1cccc(-n2c3c[c-]c(-c4nccn4-c4c(C)cccc4C)cc3c3ccccc32)c1.[Ir]. The van der Waals surface area contributed by atoms with Crippen molar-refractivity contribution < 1.29 is 20.1 Å². The molecule has 0 saturated heterocycles. The molecule has 0 aliphatic heterocycles. The largest absolute Gasteiger partial charge is 0.351 e. The predicted octanol–water partition coefficient (Wildman–Crippen LogP) is 7.36. The molecule has 0 spiro atoms. The third kappa shape index (κ3) is 3.51. The van der Waals surface area contributed by atoms with E-state index in [0.717, 1.165) is 16.9 Å². The molecule has 0 aliphatic carbocycles. The number of para-hydroxylation sites is 2. The Hall–Kier alpha value is -3.46. The molecule has 0 unspecified atom stereocenters. The average Bonchev–Trinajstić information content (AvgIpc) is 3.41. The van der Waals surface area contributed by atoms with Crippen LogP contribution in [0.5, 0.6) is 0 Å². The summed E-state index contributed by atoms with van der Waals surface area (Å²) in [4.78, 5) is 4.73. The number of benzene rings is 4. The molecular weight excluding hydrogens is 595 g/mol. The second-order valence-corrected chi connectivity index (χ2v) is 8.70. The summed E-state index contributed by atoms with van der Waals surface area (Å²) in [5, 5.41) is 2.44. The second-order valence-electron chi connectivity index (χ2n) is 8.70. The zero-order valence-corrected chi connectivity index (χ0v) is 21.7. The summed E-state index contributed by atoms with van der Waals surface area (Å²) >= 11 is 0. The zero-order valence-electron chi connectivity index (χ0n) is 19.3. The number of hydrogen-bond donors (Lipinski definition) is 0. The van der Waals surface area contributed by atoms with E-state index in [9.17, 15) is 0 Å². The van der Waals surface area contributed by atoms with Crippen LogP contribution in [0.25, 0.3) is 44.6 Å². The Kier molecular flexibility index (Phi) is 5.73. The quantitative estimate of drug-likeness (QED) is 0.190. The van der Waals surface area contributed by atoms with Gasteiger partial charge in [0.15, 0.2) is 0 Å². The van der Waals surface area contributed by atoms with Crippen LogP contribution in [-0.2, 0) is 20.1 Å². The fourth-order valence-corrected chi connectivity index (χ4v) is 4.95. The summed E-state index contributed by atoms with van der Waals surface area (Å²) in [7, 11) is 0. The molecule has 4 heteroatoms. The first-order valence-corrected chi connectivity index (χ1v) is 11.2. The Bertz CT molecular complexity index is 1630. The van der Waals surface area contributed by atoms with Crippen LogP contribution >= 0.6 is 0 Å². The molecule has 0 bridgehead atoms. The molecule has 4 aromatic carbocycles. The topological polar surface area (TPSA) is 22.8 Å². The molecular formula is C30H24IrN3-. The van der Waals surface area contributed by atoms with Crippen LogP contribution < -0.4 is 0 Å². The first-order valence-electron chi connectivity index (χ1n) is 11.2. The van der Waals surface area contributed by atoms with E-state index in [4.69, 9.17) is 4.98 Å². The third-order valence-corrected chi connectivity index (χ3v) is 6.43. The maximum absolute atomic E-state index is 4.73. The van der Waals surface area contributed by atoms with Crippen molar-refractivity contribution in [3.05, 3.63) is 114 Å². The number of fused-ring (bicyclic) bond motifs is 3. The molecule has 2 heterocycles. The van der Waals surface area contributed by atoms with Gasteiger partial charge in [0, 0.05) is 49.4 Å². The predicted molar refractivity (Wildman–Crippen MR) is 136 cm³/mol. The van der Waals surface area contributed by atoms with Crippen molar-refractivity contribution in [1.82, 2.24) is 14.1 Å². The van der Waals surface area contributed by atoms with Gasteiger partial charge < -0.3 is 9.13 Å². The number of hydrogen-bond acceptors (Lipinski definition) is 1. The minimum absolute atomic E-state index is 0. The van der Waals surface area contributed by atoms with E-state index in [2.05, 4.69) is 115 Å². The summed E-state index contributed by atoms with van der Waals surface area (Å²) in [6.07, 6.45) is 3.91. The van der Waals surface area contributed by atoms with Crippen LogP contribution in [0.4, 0.5) is 0 Å². The van der Waals surface area contributed by atoms with Gasteiger partial charge in [-0.15, -0.1) is 23.8 Å². The van der Waals surface area contributed by atoms with Crippen molar-refractivity contribution in [3.8, 4) is 22.8 Å². The van der Waals surface area contributed by atoms with Crippen LogP contribution in [0.15, 0.2) is 91.3 Å². The van der Waals surface area contributed by atoms with Crippen molar-refractivity contribution in [1.29, 1.82) is 0 Å². The monoisotopic (exact) mass is 619 g/mol. The van der Waals surface area contributed by atoms with E-state index in [1.807, 2.05) is 12.4 Å². The Morgan fingerprint density at radius 2 is 1.53 bits per heavy atom. The van der Waals surface area contributed by atoms with Crippen molar-refractivity contribution in [2.24, 2.45) is 0 Å². The van der Waals surface area contributed by atoms with E-state index in [0.29, 0.717) is 0 Å². The number of aromatic nitrogens is 3. The Morgan fingerprint density at radius 3 is 2.32 bits per heavy atom. The minimum Gasteiger partial charge on any atom is -0.351 e. The summed E-state index contributed by atoms with van der Waals surface area (Å²) in [5.41, 5.74) is 9.38. The van der Waals surface area contributed by atoms with Crippen molar-refractivity contribution in [2.45, 2.75) is 20.8 Å². The molecule has 0 amide bonds. The Balaban J connectivity index is 0.00000241. The summed E-state index contributed by atoms with van der Waals surface area (Å²) in [5.74, 6) is 0.904. The van der Waals surface area contributed by atoms with E-state index in [1.54, 1.807) is 0 Å². The molecule has 0 saturated carbocycles. The van der Waals surface area contributed by atoms with Gasteiger partial charge in [0.2, 0.25) is 0 Å². The Labute approximate surface area is 213 Å². The fraction of sp³-hybridized carbons (Fsp3) is 0.100. The summed E-state index contributed by atoms with van der Waals surface area (Å²) < 4.78 is 4.51. The molecule has 0 N–H and O–H groups in total. The number of imidazole rings is 1. The maximum atomic E-state index is 4.73. The first-order chi connectivity index (χ1) is 16.1. The standard InChI is InChI=1S/C30H24N3.Ir/c1-20-8-6-11-24(18-20)33-27-13-5-4-12-25(27)26-19-23(14-15-28(26)33)30-31-16-17-32(30)29-21(2)9-7-10-22(29)3;/h4-13,15-19H,1-3H3;/q-1;. The molecule has 0 fully saturated rings. The van der Waals surface area contributed by atoms with E-state index < -0.39 is 0 Å². The molecule has 0 atom stereocenters. The van der Waals surface area contributed by atoms with Gasteiger partial charge in [0.1, 0.15) is 0 Å². The summed E-state index contributed by atoms with van der Waals surface area (Å²) in [6, 6.07) is 31.5. The van der Waals surface area contributed by atoms with Gasteiger partial charge >= 0.3 is 0 Å². The van der Waals surface area contributed by atoms with E-state index in [-0.39, 0.29) is 20.1 Å². The zero-order chi connectivity index (χ0) is 22.5. The van der Waals surface area contributed by atoms with Gasteiger partial charge in [0.25, 0.3) is 0 Å². The van der Waals surface area contributed by atoms with Gasteiger partial charge in [0.05, 0.1) is 5.82 Å². The first kappa shape index (κ1) is 22.3. The van der Waals surface area contributed by atoms with E-state index >= 15 is 0 Å². The van der Waals surface area contributed by atoms with Gasteiger partial charge in [-0.25, -0.2) is 0 Å². The van der Waals surface area contributed by atoms with Crippen LogP contribution in [-0.4, -0.2) is 14.1 Å². The second kappa shape index (κ2) is 8.72. The van der Waals surface area contributed by atoms with Gasteiger partial charge in [-0.2, -0.15) is 0 Å². The number of aryl methyl sites for hydroxylation is 3. The molecule has 1 radical (unpaired) electrons. The normalized spacial score (nSPS) is 11.1. The molecule has 6 rings (SSSR count). The number of rotatable bonds is 3. The smallest absolute Gasteiger partial charge is 0.0603 e. The average molecular weight is 619 g/mol. The van der Waals surface area contributed by atoms with Crippen LogP contribution in [0.1, 0.15) is 16.7 Å². The molecule has 0 aliphatic rings. The molecule has 6 aromatic rings. The van der Waals surface area contributed by atoms with Crippen LogP contribution in [0, 0.1) is 26.8 Å². The van der Waals surface area contributed by atoms with Gasteiger partial charge in [-0.05, 0) is 66.6 Å². The maximum Gasteiger partial charge on any atom is 0.0603 e. The molecule has 34 heavy (non-hydrogen) atoms. The van der Waals surface area contributed by atoms with E-state index in [1.165, 1.54) is 44.4 Å².